The molecular weight excluding hydrogens is 640 g/mol. The van der Waals surface area contributed by atoms with Crippen LogP contribution in [-0.2, 0) is 6.61 Å². The molecule has 2 aromatic heterocycles. The molecule has 0 saturated heterocycles. The van der Waals surface area contributed by atoms with Crippen molar-refractivity contribution in [3.63, 3.8) is 0 Å². The molecule has 0 amide bonds. The summed E-state index contributed by atoms with van der Waals surface area (Å²) in [5.74, 6) is 1.16. The molecule has 6 rings (SSSR count). The van der Waals surface area contributed by atoms with Crippen LogP contribution in [0.15, 0.2) is 104 Å². The van der Waals surface area contributed by atoms with Gasteiger partial charge in [0.1, 0.15) is 12.2 Å². The number of para-hydroxylation sites is 1. The van der Waals surface area contributed by atoms with E-state index in [9.17, 15) is 14.9 Å². The van der Waals surface area contributed by atoms with Crippen LogP contribution in [-0.4, -0.2) is 27.9 Å². The van der Waals surface area contributed by atoms with Crippen LogP contribution in [0.1, 0.15) is 11.1 Å². The fourth-order valence-electron chi connectivity index (χ4n) is 4.51. The SMILES string of the molecule is COc1cc(C=Nn2c(-c3cc4cc(Br)ccc4o3)nc3ccccc3c2=O)cc(Cl)c1OCc1cccc([N+](=O)[O-])c1. The topological polar surface area (TPSA) is 122 Å². The van der Waals surface area contributed by atoms with Gasteiger partial charge in [-0.3, -0.25) is 14.9 Å². The van der Waals surface area contributed by atoms with Gasteiger partial charge >= 0.3 is 0 Å². The van der Waals surface area contributed by atoms with E-state index in [1.165, 1.54) is 30.1 Å². The Morgan fingerprint density at radius 2 is 1.93 bits per heavy atom. The molecule has 2 heterocycles. The zero-order chi connectivity index (χ0) is 30.1. The first-order chi connectivity index (χ1) is 20.8. The first-order valence-corrected chi connectivity index (χ1v) is 14.0. The Morgan fingerprint density at radius 1 is 1.09 bits per heavy atom. The van der Waals surface area contributed by atoms with Gasteiger partial charge in [-0.1, -0.05) is 51.8 Å². The standard InChI is InChI=1S/C31H20BrClN4O6/c1-41-27-13-19(12-24(33)29(27)42-17-18-5-4-6-22(11-18)37(39)40)16-34-36-30(35-25-8-3-2-7-23(25)31(36)38)28-15-20-14-21(32)9-10-26(20)43-28/h2-16H,17H2,1H3. The van der Waals surface area contributed by atoms with Crippen molar-refractivity contribution in [2.75, 3.05) is 7.11 Å². The minimum absolute atomic E-state index is 0.0286. The molecule has 0 bridgehead atoms. The first-order valence-electron chi connectivity index (χ1n) is 12.8. The van der Waals surface area contributed by atoms with Gasteiger partial charge in [0.25, 0.3) is 11.2 Å². The van der Waals surface area contributed by atoms with Crippen molar-refractivity contribution in [2.45, 2.75) is 6.61 Å². The summed E-state index contributed by atoms with van der Waals surface area (Å²) in [6, 6.07) is 23.8. The number of nitrogens with zero attached hydrogens (tertiary/aromatic N) is 4. The second kappa shape index (κ2) is 11.7. The van der Waals surface area contributed by atoms with Crippen LogP contribution in [0.3, 0.4) is 0 Å². The Labute approximate surface area is 257 Å². The molecule has 0 N–H and O–H groups in total. The maximum atomic E-state index is 13.6. The van der Waals surface area contributed by atoms with E-state index in [1.54, 1.807) is 54.6 Å². The van der Waals surface area contributed by atoms with Crippen molar-refractivity contribution in [3.8, 4) is 23.1 Å². The van der Waals surface area contributed by atoms with E-state index in [-0.39, 0.29) is 34.5 Å². The number of hydrogen-bond donors (Lipinski definition) is 0. The van der Waals surface area contributed by atoms with Crippen LogP contribution in [0, 0.1) is 10.1 Å². The summed E-state index contributed by atoms with van der Waals surface area (Å²) in [6.07, 6.45) is 1.46. The van der Waals surface area contributed by atoms with E-state index in [1.807, 2.05) is 18.2 Å². The Hall–Kier alpha value is -5.00. The number of nitro groups is 1. The molecule has 0 radical (unpaired) electrons. The van der Waals surface area contributed by atoms with E-state index >= 15 is 0 Å². The number of nitro benzene ring substituents is 1. The molecular formula is C31H20BrClN4O6. The van der Waals surface area contributed by atoms with Crippen LogP contribution in [0.4, 0.5) is 5.69 Å². The third-order valence-corrected chi connectivity index (χ3v) is 7.31. The average molecular weight is 660 g/mol. The second-order valence-electron chi connectivity index (χ2n) is 9.36. The number of halogens is 2. The van der Waals surface area contributed by atoms with Gasteiger partial charge in [-0.2, -0.15) is 9.78 Å². The van der Waals surface area contributed by atoms with Gasteiger partial charge in [0, 0.05) is 22.0 Å². The maximum absolute atomic E-state index is 13.6. The summed E-state index contributed by atoms with van der Waals surface area (Å²) in [4.78, 5) is 28.9. The lowest BCUT2D eigenvalue weighted by molar-refractivity contribution is -0.384. The highest BCUT2D eigenvalue weighted by Crippen LogP contribution is 2.37. The van der Waals surface area contributed by atoms with E-state index in [0.29, 0.717) is 39.1 Å². The molecule has 0 aliphatic rings. The molecule has 0 spiro atoms. The number of fused-ring (bicyclic) bond motifs is 2. The number of methoxy groups -OCH3 is 1. The molecule has 10 nitrogen and oxygen atoms in total. The highest BCUT2D eigenvalue weighted by molar-refractivity contribution is 9.10. The number of aromatic nitrogens is 2. The number of non-ortho nitro benzene ring substituents is 1. The van der Waals surface area contributed by atoms with Gasteiger partial charge in [0.2, 0.25) is 5.82 Å². The van der Waals surface area contributed by atoms with E-state index in [4.69, 9.17) is 30.5 Å². The van der Waals surface area contributed by atoms with Gasteiger partial charge in [-0.05, 0) is 59.7 Å². The molecule has 0 saturated carbocycles. The Kier molecular flexibility index (Phi) is 7.66. The fourth-order valence-corrected chi connectivity index (χ4v) is 5.16. The summed E-state index contributed by atoms with van der Waals surface area (Å²) in [7, 11) is 1.46. The zero-order valence-electron chi connectivity index (χ0n) is 22.4. The van der Waals surface area contributed by atoms with Gasteiger partial charge in [-0.25, -0.2) is 4.98 Å². The summed E-state index contributed by atoms with van der Waals surface area (Å²) < 4.78 is 19.5. The van der Waals surface area contributed by atoms with Crippen molar-refractivity contribution < 1.29 is 18.8 Å². The van der Waals surface area contributed by atoms with Crippen molar-refractivity contribution in [1.29, 1.82) is 0 Å². The number of furan rings is 1. The predicted octanol–water partition coefficient (Wildman–Crippen LogP) is 7.60. The smallest absolute Gasteiger partial charge is 0.282 e. The van der Waals surface area contributed by atoms with Crippen LogP contribution in [0.2, 0.25) is 5.02 Å². The molecule has 0 unspecified atom stereocenters. The first kappa shape index (κ1) is 28.1. The Bertz CT molecular complexity index is 2120. The zero-order valence-corrected chi connectivity index (χ0v) is 24.7. The third kappa shape index (κ3) is 5.72. The third-order valence-electron chi connectivity index (χ3n) is 6.53. The van der Waals surface area contributed by atoms with Crippen LogP contribution >= 0.6 is 27.5 Å². The van der Waals surface area contributed by atoms with E-state index < -0.39 is 4.92 Å². The lowest BCUT2D eigenvalue weighted by atomic mass is 10.2. The van der Waals surface area contributed by atoms with Crippen LogP contribution in [0.25, 0.3) is 33.5 Å². The van der Waals surface area contributed by atoms with Gasteiger partial charge < -0.3 is 13.9 Å². The summed E-state index contributed by atoms with van der Waals surface area (Å²) in [5.41, 5.74) is 1.82. The fraction of sp³-hybridized carbons (Fsp3) is 0.0645. The van der Waals surface area contributed by atoms with Crippen LogP contribution in [0.5, 0.6) is 11.5 Å². The lowest BCUT2D eigenvalue weighted by Gasteiger charge is -2.13. The number of rotatable bonds is 8. The van der Waals surface area contributed by atoms with Crippen molar-refractivity contribution in [2.24, 2.45) is 5.10 Å². The van der Waals surface area contributed by atoms with Crippen molar-refractivity contribution in [1.82, 2.24) is 9.66 Å². The molecule has 0 aliphatic carbocycles. The number of benzene rings is 4. The lowest BCUT2D eigenvalue weighted by Crippen LogP contribution is -2.20. The quantitative estimate of drug-likeness (QED) is 0.0937. The summed E-state index contributed by atoms with van der Waals surface area (Å²) >= 11 is 10.0. The largest absolute Gasteiger partial charge is 0.493 e. The minimum atomic E-state index is -0.472. The van der Waals surface area contributed by atoms with E-state index in [2.05, 4.69) is 21.0 Å². The van der Waals surface area contributed by atoms with Gasteiger partial charge in [-0.15, -0.1) is 0 Å². The molecule has 6 aromatic rings. The normalized spacial score (nSPS) is 11.4. The van der Waals surface area contributed by atoms with Gasteiger partial charge in [0.15, 0.2) is 17.3 Å². The molecule has 214 valence electrons. The predicted molar refractivity (Wildman–Crippen MR) is 167 cm³/mol. The second-order valence-corrected chi connectivity index (χ2v) is 10.7. The molecule has 4 aromatic carbocycles. The Balaban J connectivity index is 1.37. The monoisotopic (exact) mass is 658 g/mol. The average Bonchev–Trinajstić information content (AvgIpc) is 3.43. The molecule has 12 heteroatoms. The van der Waals surface area contributed by atoms with Crippen molar-refractivity contribution in [3.05, 3.63) is 126 Å². The highest BCUT2D eigenvalue weighted by atomic mass is 79.9. The highest BCUT2D eigenvalue weighted by Gasteiger charge is 2.18. The van der Waals surface area contributed by atoms with Crippen LogP contribution < -0.4 is 15.0 Å². The molecule has 0 aliphatic heterocycles. The Morgan fingerprint density at radius 3 is 2.74 bits per heavy atom. The van der Waals surface area contributed by atoms with E-state index in [0.717, 1.165) is 9.86 Å². The molecule has 43 heavy (non-hydrogen) atoms. The summed E-state index contributed by atoms with van der Waals surface area (Å²) in [6.45, 7) is 0.0286. The molecule has 0 atom stereocenters. The summed E-state index contributed by atoms with van der Waals surface area (Å²) in [5, 5.41) is 17.0. The number of hydrogen-bond acceptors (Lipinski definition) is 8. The minimum Gasteiger partial charge on any atom is -0.493 e. The maximum Gasteiger partial charge on any atom is 0.282 e. The number of ether oxygens (including phenoxy) is 2. The van der Waals surface area contributed by atoms with Crippen molar-refractivity contribution >= 4 is 61.3 Å². The molecule has 0 fully saturated rings. The van der Waals surface area contributed by atoms with Gasteiger partial charge in [0.05, 0.1) is 34.2 Å².